The summed E-state index contributed by atoms with van der Waals surface area (Å²) in [4.78, 5) is 28.7. The third-order valence-electron chi connectivity index (χ3n) is 5.03. The maximum atomic E-state index is 13.4. The van der Waals surface area contributed by atoms with Crippen molar-refractivity contribution in [1.29, 1.82) is 0 Å². The van der Waals surface area contributed by atoms with E-state index < -0.39 is 21.7 Å². The van der Waals surface area contributed by atoms with Gasteiger partial charge in [0, 0.05) is 35.0 Å². The number of ketones is 1. The number of aryl methyl sites for hydroxylation is 1. The third-order valence-corrected chi connectivity index (χ3v) is 7.91. The molecule has 0 bridgehead atoms. The quantitative estimate of drug-likeness (QED) is 0.340. The van der Waals surface area contributed by atoms with Crippen LogP contribution in [0.1, 0.15) is 53.5 Å². The molecule has 3 aromatic rings. The molecule has 0 fully saturated rings. The number of nitrogens with zero attached hydrogens (tertiary/aromatic N) is 1. The number of aromatic nitrogens is 1. The molecular formula is C27H33N3O5S2. The summed E-state index contributed by atoms with van der Waals surface area (Å²) in [5.74, 6) is 0.0476. The van der Waals surface area contributed by atoms with Gasteiger partial charge in [0.1, 0.15) is 10.8 Å². The molecule has 1 aromatic heterocycles. The highest BCUT2D eigenvalue weighted by Crippen LogP contribution is 2.36. The summed E-state index contributed by atoms with van der Waals surface area (Å²) in [6.45, 7) is 10.4. The Kier molecular flexibility index (Phi) is 8.88. The maximum Gasteiger partial charge on any atom is 0.411 e. The highest BCUT2D eigenvalue weighted by Gasteiger charge is 2.26. The number of hydrogen-bond acceptors (Lipinski definition) is 7. The van der Waals surface area contributed by atoms with Gasteiger partial charge >= 0.3 is 6.09 Å². The van der Waals surface area contributed by atoms with Gasteiger partial charge in [-0.05, 0) is 83.9 Å². The van der Waals surface area contributed by atoms with Crippen molar-refractivity contribution in [3.8, 4) is 21.0 Å². The second-order valence-electron chi connectivity index (χ2n) is 10.1. The first-order valence-corrected chi connectivity index (χ1v) is 14.2. The molecule has 0 unspecified atom stereocenters. The van der Waals surface area contributed by atoms with E-state index in [1.54, 1.807) is 65.1 Å². The lowest BCUT2D eigenvalue weighted by Gasteiger charge is -2.22. The fraction of sp³-hybridized carbons (Fsp3) is 0.370. The number of hydrogen-bond donors (Lipinski definition) is 2. The van der Waals surface area contributed by atoms with E-state index in [1.165, 1.54) is 18.3 Å². The number of carbonyl (C=O) groups excluding carboxylic acids is 2. The fourth-order valence-corrected chi connectivity index (χ4v) is 6.23. The minimum atomic E-state index is -3.85. The number of benzene rings is 2. The highest BCUT2D eigenvalue weighted by atomic mass is 32.2. The maximum absolute atomic E-state index is 13.4. The molecule has 2 aromatic carbocycles. The summed E-state index contributed by atoms with van der Waals surface area (Å²) in [5.41, 5.74) is 2.07. The Morgan fingerprint density at radius 2 is 1.76 bits per heavy atom. The van der Waals surface area contributed by atoms with Gasteiger partial charge in [-0.25, -0.2) is 22.9 Å². The SMILES string of the molecule is CC(=O)CCc1ccc(-c2cnc(-c3ccc(NC(=O)OC(C)C)cc3)s2)c(S(=O)(=O)NC(C)(C)C)c1. The normalized spacial score (nSPS) is 12.0. The first-order chi connectivity index (χ1) is 17.2. The molecule has 198 valence electrons. The number of nitrogens with one attached hydrogen (secondary N) is 2. The monoisotopic (exact) mass is 543 g/mol. The molecule has 1 amide bonds. The molecule has 0 aliphatic rings. The van der Waals surface area contributed by atoms with E-state index in [-0.39, 0.29) is 16.8 Å². The topological polar surface area (TPSA) is 114 Å². The van der Waals surface area contributed by atoms with E-state index in [0.717, 1.165) is 11.1 Å². The van der Waals surface area contributed by atoms with Crippen molar-refractivity contribution in [2.45, 2.75) is 70.9 Å². The number of sulfonamides is 1. The van der Waals surface area contributed by atoms with Crippen molar-refractivity contribution in [3.05, 3.63) is 54.2 Å². The first-order valence-electron chi connectivity index (χ1n) is 11.9. The highest BCUT2D eigenvalue weighted by molar-refractivity contribution is 7.89. The summed E-state index contributed by atoms with van der Waals surface area (Å²) in [7, 11) is -3.85. The summed E-state index contributed by atoms with van der Waals surface area (Å²) >= 11 is 1.37. The first kappa shape index (κ1) is 28.5. The number of rotatable bonds is 9. The van der Waals surface area contributed by atoms with Crippen LogP contribution in [0.15, 0.2) is 53.6 Å². The number of ether oxygens (including phenoxy) is 1. The van der Waals surface area contributed by atoms with Crippen LogP contribution >= 0.6 is 11.3 Å². The zero-order valence-electron chi connectivity index (χ0n) is 21.9. The van der Waals surface area contributed by atoms with Gasteiger partial charge in [0.2, 0.25) is 10.0 Å². The Hall–Kier alpha value is -3.08. The van der Waals surface area contributed by atoms with Crippen LogP contribution < -0.4 is 10.0 Å². The zero-order valence-corrected chi connectivity index (χ0v) is 23.5. The molecule has 2 N–H and O–H groups in total. The second-order valence-corrected chi connectivity index (χ2v) is 12.8. The van der Waals surface area contributed by atoms with E-state index >= 15 is 0 Å². The predicted molar refractivity (Wildman–Crippen MR) is 147 cm³/mol. The second kappa shape index (κ2) is 11.5. The summed E-state index contributed by atoms with van der Waals surface area (Å²) < 4.78 is 34.6. The Morgan fingerprint density at radius 3 is 2.35 bits per heavy atom. The van der Waals surface area contributed by atoms with E-state index in [0.29, 0.717) is 34.0 Å². The molecular weight excluding hydrogens is 510 g/mol. The van der Waals surface area contributed by atoms with Gasteiger partial charge in [0.15, 0.2) is 0 Å². The minimum absolute atomic E-state index is 0.0476. The lowest BCUT2D eigenvalue weighted by molar-refractivity contribution is -0.116. The van der Waals surface area contributed by atoms with Gasteiger partial charge in [-0.3, -0.25) is 5.32 Å². The minimum Gasteiger partial charge on any atom is -0.447 e. The predicted octanol–water partition coefficient (Wildman–Crippen LogP) is 6.03. The van der Waals surface area contributed by atoms with Crippen molar-refractivity contribution in [1.82, 2.24) is 9.71 Å². The van der Waals surface area contributed by atoms with E-state index in [4.69, 9.17) is 4.74 Å². The number of Topliss-reactive ketones (excluding diaryl/α,β-unsaturated/α-hetero) is 1. The number of thiazole rings is 1. The van der Waals surface area contributed by atoms with Crippen LogP contribution in [0, 0.1) is 0 Å². The molecule has 8 nitrogen and oxygen atoms in total. The average molecular weight is 544 g/mol. The number of carbonyl (C=O) groups is 2. The Balaban J connectivity index is 1.93. The summed E-state index contributed by atoms with van der Waals surface area (Å²) in [6.07, 6.45) is 1.72. The largest absolute Gasteiger partial charge is 0.447 e. The van der Waals surface area contributed by atoms with Gasteiger partial charge in [0.25, 0.3) is 0 Å². The molecule has 0 aliphatic carbocycles. The van der Waals surface area contributed by atoms with Crippen LogP contribution in [-0.2, 0) is 26.0 Å². The van der Waals surface area contributed by atoms with Gasteiger partial charge in [-0.2, -0.15) is 0 Å². The molecule has 3 rings (SSSR count). The van der Waals surface area contributed by atoms with Crippen LogP contribution in [0.3, 0.4) is 0 Å². The lowest BCUT2D eigenvalue weighted by Crippen LogP contribution is -2.40. The Bertz CT molecular complexity index is 1370. The summed E-state index contributed by atoms with van der Waals surface area (Å²) in [6, 6.07) is 12.4. The van der Waals surface area contributed by atoms with Crippen LogP contribution in [0.25, 0.3) is 21.0 Å². The van der Waals surface area contributed by atoms with Crippen molar-refractivity contribution < 1.29 is 22.7 Å². The Labute approximate surface area is 222 Å². The standard InChI is InChI=1S/C27H33N3O5S2/c1-17(2)35-26(32)29-21-12-10-20(11-13-21)25-28-16-23(36-25)22-14-9-19(8-7-18(3)31)15-24(22)37(33,34)30-27(4,5)6/h9-17,30H,7-8H2,1-6H3,(H,29,32). The van der Waals surface area contributed by atoms with Crippen molar-refractivity contribution in [2.24, 2.45) is 0 Å². The average Bonchev–Trinajstić information content (AvgIpc) is 3.26. The van der Waals surface area contributed by atoms with Gasteiger partial charge in [0.05, 0.1) is 15.9 Å². The van der Waals surface area contributed by atoms with Gasteiger partial charge in [-0.15, -0.1) is 11.3 Å². The van der Waals surface area contributed by atoms with Crippen LogP contribution in [0.4, 0.5) is 10.5 Å². The molecule has 37 heavy (non-hydrogen) atoms. The van der Waals surface area contributed by atoms with Crippen LogP contribution in [0.5, 0.6) is 0 Å². The van der Waals surface area contributed by atoms with Crippen molar-refractivity contribution >= 4 is 38.9 Å². The number of amides is 1. The van der Waals surface area contributed by atoms with Crippen molar-refractivity contribution in [2.75, 3.05) is 5.32 Å². The summed E-state index contributed by atoms with van der Waals surface area (Å²) in [5, 5.41) is 3.38. The van der Waals surface area contributed by atoms with Crippen molar-refractivity contribution in [3.63, 3.8) is 0 Å². The van der Waals surface area contributed by atoms with Crippen LogP contribution in [0.2, 0.25) is 0 Å². The van der Waals surface area contributed by atoms with Gasteiger partial charge < -0.3 is 9.53 Å². The molecule has 0 atom stereocenters. The lowest BCUT2D eigenvalue weighted by atomic mass is 10.1. The van der Waals surface area contributed by atoms with E-state index in [9.17, 15) is 18.0 Å². The van der Waals surface area contributed by atoms with Gasteiger partial charge in [-0.1, -0.05) is 12.1 Å². The molecule has 0 saturated heterocycles. The fourth-order valence-electron chi connectivity index (χ4n) is 3.52. The zero-order chi connectivity index (χ0) is 27.4. The third kappa shape index (κ3) is 8.21. The Morgan fingerprint density at radius 1 is 1.08 bits per heavy atom. The molecule has 0 aliphatic heterocycles. The smallest absolute Gasteiger partial charge is 0.411 e. The molecule has 0 saturated carbocycles. The molecule has 1 heterocycles. The number of anilines is 1. The molecule has 0 radical (unpaired) electrons. The molecule has 0 spiro atoms. The van der Waals surface area contributed by atoms with E-state index in [2.05, 4.69) is 15.0 Å². The molecule has 10 heteroatoms. The van der Waals surface area contributed by atoms with Crippen LogP contribution in [-0.4, -0.2) is 36.9 Å². The van der Waals surface area contributed by atoms with E-state index in [1.807, 2.05) is 18.2 Å².